The summed E-state index contributed by atoms with van der Waals surface area (Å²) in [6.45, 7) is 4.13. The molecule has 0 bridgehead atoms. The highest BCUT2D eigenvalue weighted by atomic mass is 32.2. The van der Waals surface area contributed by atoms with Gasteiger partial charge in [-0.15, -0.1) is 0 Å². The molecular weight excluding hydrogens is 522 g/mol. The zero-order valence-electron chi connectivity index (χ0n) is 20.6. The molecule has 38 heavy (non-hydrogen) atoms. The molecule has 1 spiro atoms. The smallest absolute Gasteiger partial charge is 0.365 e. The van der Waals surface area contributed by atoms with Crippen LogP contribution >= 0.6 is 23.5 Å². The van der Waals surface area contributed by atoms with Gasteiger partial charge in [0.25, 0.3) is 5.91 Å². The van der Waals surface area contributed by atoms with Crippen LogP contribution in [0.25, 0.3) is 6.08 Å². The zero-order valence-corrected chi connectivity index (χ0v) is 22.3. The van der Waals surface area contributed by atoms with E-state index in [0.717, 1.165) is 16.8 Å². The first-order chi connectivity index (χ1) is 18.5. The second kappa shape index (κ2) is 9.77. The number of aryl methyl sites for hydroxylation is 1. The van der Waals surface area contributed by atoms with E-state index in [-0.39, 0.29) is 24.4 Å². The summed E-state index contributed by atoms with van der Waals surface area (Å²) in [6.07, 6.45) is 1.83. The van der Waals surface area contributed by atoms with Crippen LogP contribution in [0.15, 0.2) is 82.8 Å². The summed E-state index contributed by atoms with van der Waals surface area (Å²) in [6, 6.07) is 22.8. The van der Waals surface area contributed by atoms with Gasteiger partial charge in [-0.05, 0) is 79.2 Å². The third-order valence-electron chi connectivity index (χ3n) is 6.03. The molecule has 0 radical (unpaired) electrons. The predicted molar refractivity (Wildman–Crippen MR) is 150 cm³/mol. The standard InChI is InChI=1S/C28H23N3O5S2/c1-3-34-27(33)25-29-31(21-11-7-8-18(2)14-21)28(38-25)30(20-9-5-4-6-10-20)26(32)24(37-28)16-19-12-13-22-23(15-19)36-17-35-22/h4-16H,3,17H2,1-2H3/b24-16+/t28-/m1/s1. The average Bonchev–Trinajstić information content (AvgIpc) is 3.61. The van der Waals surface area contributed by atoms with Gasteiger partial charge in [0.2, 0.25) is 16.2 Å². The fraction of sp³-hybridized carbons (Fsp3) is 0.179. The Bertz CT molecular complexity index is 1490. The van der Waals surface area contributed by atoms with Crippen LogP contribution in [0.5, 0.6) is 11.5 Å². The first-order valence-electron chi connectivity index (χ1n) is 12.0. The minimum absolute atomic E-state index is 0.171. The van der Waals surface area contributed by atoms with E-state index >= 15 is 0 Å². The third kappa shape index (κ3) is 4.19. The summed E-state index contributed by atoms with van der Waals surface area (Å²) in [4.78, 5) is 29.2. The first-order valence-corrected chi connectivity index (χ1v) is 13.6. The zero-order chi connectivity index (χ0) is 26.3. The van der Waals surface area contributed by atoms with E-state index in [2.05, 4.69) is 0 Å². The topological polar surface area (TPSA) is 80.7 Å². The van der Waals surface area contributed by atoms with Gasteiger partial charge in [-0.1, -0.05) is 48.2 Å². The molecule has 6 rings (SSSR count). The normalized spacial score (nSPS) is 20.9. The second-order valence-electron chi connectivity index (χ2n) is 8.63. The number of benzene rings is 3. The number of rotatable bonds is 5. The van der Waals surface area contributed by atoms with Crippen LogP contribution in [-0.4, -0.2) is 34.6 Å². The molecule has 3 aromatic carbocycles. The van der Waals surface area contributed by atoms with Crippen LogP contribution in [0.1, 0.15) is 18.1 Å². The Kier molecular flexibility index (Phi) is 6.29. The molecule has 3 aromatic rings. The molecule has 3 aliphatic heterocycles. The molecule has 0 aliphatic carbocycles. The minimum Gasteiger partial charge on any atom is -0.461 e. The summed E-state index contributed by atoms with van der Waals surface area (Å²) < 4.78 is 15.1. The van der Waals surface area contributed by atoms with Gasteiger partial charge >= 0.3 is 5.97 Å². The van der Waals surface area contributed by atoms with Gasteiger partial charge in [0.1, 0.15) is 0 Å². The number of ether oxygens (including phenoxy) is 3. The van der Waals surface area contributed by atoms with E-state index in [4.69, 9.17) is 19.3 Å². The maximum Gasteiger partial charge on any atom is 0.365 e. The van der Waals surface area contributed by atoms with Gasteiger partial charge in [0.15, 0.2) is 11.5 Å². The lowest BCUT2D eigenvalue weighted by atomic mass is 10.2. The monoisotopic (exact) mass is 545 g/mol. The van der Waals surface area contributed by atoms with Crippen LogP contribution in [0, 0.1) is 6.92 Å². The van der Waals surface area contributed by atoms with Crippen molar-refractivity contribution >= 4 is 57.9 Å². The van der Waals surface area contributed by atoms with Crippen LogP contribution in [0.3, 0.4) is 0 Å². The number of fused-ring (bicyclic) bond motifs is 1. The largest absolute Gasteiger partial charge is 0.461 e. The fourth-order valence-corrected chi connectivity index (χ4v) is 7.25. The predicted octanol–water partition coefficient (Wildman–Crippen LogP) is 5.59. The molecule has 3 heterocycles. The van der Waals surface area contributed by atoms with Crippen molar-refractivity contribution in [2.24, 2.45) is 5.10 Å². The van der Waals surface area contributed by atoms with Crippen LogP contribution in [0.2, 0.25) is 0 Å². The Labute approximate surface area is 228 Å². The van der Waals surface area contributed by atoms with Crippen molar-refractivity contribution in [2.45, 2.75) is 18.2 Å². The summed E-state index contributed by atoms with van der Waals surface area (Å²) in [5, 5.41) is 6.63. The number of carbonyl (C=O) groups is 2. The minimum atomic E-state index is -1.13. The Balaban J connectivity index is 1.49. The number of thioether (sulfide) groups is 2. The van der Waals surface area contributed by atoms with Gasteiger partial charge in [0.05, 0.1) is 17.2 Å². The van der Waals surface area contributed by atoms with Crippen LogP contribution in [-0.2, 0) is 14.3 Å². The molecule has 1 amide bonds. The van der Waals surface area contributed by atoms with Gasteiger partial charge in [-0.3, -0.25) is 9.69 Å². The Morgan fingerprint density at radius 1 is 1.03 bits per heavy atom. The Morgan fingerprint density at radius 2 is 1.82 bits per heavy atom. The van der Waals surface area contributed by atoms with Gasteiger partial charge < -0.3 is 14.2 Å². The third-order valence-corrected chi connectivity index (χ3v) is 8.73. The molecule has 1 atom stereocenters. The van der Waals surface area contributed by atoms with E-state index in [0.29, 0.717) is 22.1 Å². The molecule has 0 aromatic heterocycles. The van der Waals surface area contributed by atoms with Gasteiger partial charge in [-0.2, -0.15) is 5.10 Å². The lowest BCUT2D eigenvalue weighted by Gasteiger charge is -2.38. The van der Waals surface area contributed by atoms with E-state index in [9.17, 15) is 9.59 Å². The van der Waals surface area contributed by atoms with Crippen molar-refractivity contribution in [2.75, 3.05) is 23.3 Å². The summed E-state index contributed by atoms with van der Waals surface area (Å²) in [5.41, 5.74) is 3.26. The van der Waals surface area contributed by atoms with Crippen LogP contribution in [0.4, 0.5) is 11.4 Å². The summed E-state index contributed by atoms with van der Waals surface area (Å²) in [5.74, 6) is 0.573. The molecular formula is C28H23N3O5S2. The highest BCUT2D eigenvalue weighted by Gasteiger charge is 2.60. The lowest BCUT2D eigenvalue weighted by Crippen LogP contribution is -2.51. The quantitative estimate of drug-likeness (QED) is 0.303. The average molecular weight is 546 g/mol. The number of hydrazone groups is 1. The maximum atomic E-state index is 14.1. The van der Waals surface area contributed by atoms with Crippen molar-refractivity contribution in [3.8, 4) is 11.5 Å². The number of hydrogen-bond acceptors (Lipinski definition) is 9. The summed E-state index contributed by atoms with van der Waals surface area (Å²) >= 11 is 2.54. The highest BCUT2D eigenvalue weighted by molar-refractivity contribution is 8.29. The van der Waals surface area contributed by atoms with Crippen LogP contribution < -0.4 is 19.4 Å². The molecule has 0 saturated carbocycles. The number of nitrogens with zero attached hydrogens (tertiary/aromatic N) is 3. The second-order valence-corrected chi connectivity index (χ2v) is 11.3. The summed E-state index contributed by atoms with van der Waals surface area (Å²) in [7, 11) is 0. The molecule has 10 heteroatoms. The number of carbonyl (C=O) groups excluding carboxylic acids is 2. The molecule has 3 aliphatic rings. The Hall–Kier alpha value is -3.89. The van der Waals surface area contributed by atoms with E-state index in [1.165, 1.54) is 23.5 Å². The van der Waals surface area contributed by atoms with Crippen molar-refractivity contribution < 1.29 is 23.8 Å². The molecule has 1 saturated heterocycles. The van der Waals surface area contributed by atoms with Gasteiger partial charge in [0, 0.05) is 5.69 Å². The van der Waals surface area contributed by atoms with E-state index < -0.39 is 10.3 Å². The van der Waals surface area contributed by atoms with Crippen molar-refractivity contribution in [3.05, 3.63) is 88.8 Å². The molecule has 192 valence electrons. The number of hydrogen-bond donors (Lipinski definition) is 0. The molecule has 0 unspecified atom stereocenters. The number of anilines is 2. The Morgan fingerprint density at radius 3 is 2.61 bits per heavy atom. The molecule has 1 fully saturated rings. The fourth-order valence-electron chi connectivity index (χ4n) is 4.38. The van der Waals surface area contributed by atoms with Crippen molar-refractivity contribution in [3.63, 3.8) is 0 Å². The number of esters is 1. The number of para-hydroxylation sites is 1. The van der Waals surface area contributed by atoms with Crippen molar-refractivity contribution in [1.29, 1.82) is 0 Å². The van der Waals surface area contributed by atoms with E-state index in [1.807, 2.05) is 85.8 Å². The first kappa shape index (κ1) is 24.4. The molecule has 8 nitrogen and oxygen atoms in total. The molecule has 0 N–H and O–H groups in total. The highest BCUT2D eigenvalue weighted by Crippen LogP contribution is 2.59. The van der Waals surface area contributed by atoms with E-state index in [1.54, 1.807) is 16.8 Å². The van der Waals surface area contributed by atoms with Crippen molar-refractivity contribution in [1.82, 2.24) is 0 Å². The SMILES string of the molecule is CCOC(=O)C1=NN(c2cccc(C)c2)[C@@]2(S1)S/C(=C/c1ccc3c(c1)OCO3)C(=O)N2c1ccccc1. The number of amides is 1. The maximum absolute atomic E-state index is 14.1. The lowest BCUT2D eigenvalue weighted by molar-refractivity contribution is -0.134. The van der Waals surface area contributed by atoms with Gasteiger partial charge in [-0.25, -0.2) is 9.80 Å².